The van der Waals surface area contributed by atoms with Gasteiger partial charge in [0.2, 0.25) is 0 Å². The molecule has 59 heavy (non-hydrogen) atoms. The molecule has 10 atom stereocenters. The van der Waals surface area contributed by atoms with Gasteiger partial charge in [0.05, 0.1) is 28.7 Å². The molecule has 3 aliphatic rings. The Morgan fingerprint density at radius 3 is 1.98 bits per heavy atom. The number of carbonyl (C=O) groups excluding carboxylic acids is 5. The maximum Gasteiger partial charge on any atom is 0.408 e. The van der Waals surface area contributed by atoms with Crippen LogP contribution >= 0.6 is 0 Å². The summed E-state index contributed by atoms with van der Waals surface area (Å²) in [6, 6.07) is 15.1. The Bertz CT molecular complexity index is 1970. The molecule has 2 aromatic carbocycles. The number of hydrogen-bond acceptors (Lipinski definition) is 13. The number of nitrogens with one attached hydrogen (secondary N) is 1. The summed E-state index contributed by atoms with van der Waals surface area (Å²) in [5.74, 6) is -4.18. The third kappa shape index (κ3) is 9.09. The summed E-state index contributed by atoms with van der Waals surface area (Å²) in [5, 5.41) is 38.0. The second-order valence-electron chi connectivity index (χ2n) is 17.6. The number of ether oxygens (including phenoxy) is 5. The SMILES string of the molecule is C=C1[C@H]2C[C@]3(C(C)(C)O)C[C@H](OC(=O)[C@H](O)[C@@H](NC(=O)OC(C)(C)C)c4ccccc4)C(C)=C3[C@@H](OC(=O)c3ccccc3)[C@H](OC(C)=O)[C@]2(C)[C@@H](OC(C)=O)C[C@@H]1O. The van der Waals surface area contributed by atoms with Gasteiger partial charge >= 0.3 is 30.0 Å². The molecule has 0 saturated heterocycles. The van der Waals surface area contributed by atoms with Crippen molar-refractivity contribution >= 4 is 30.0 Å². The number of fused-ring (bicyclic) bond motifs is 2. The first-order chi connectivity index (χ1) is 27.4. The molecule has 4 N–H and O–H groups in total. The number of aliphatic hydroxyl groups is 3. The standard InChI is InChI=1S/C45H57NO13/c1-24-30-22-45(43(8,9)54)23-32(57-40(52)36(50)35(28-17-13-11-14-18-28)46-41(53)59-42(5,6)7)25(2)34(45)37(58-39(51)29-19-15-12-16-20-29)38(56-27(4)48)44(30,10)33(21-31(24)49)55-26(3)47/h11-20,30-33,35-38,49-50,54H,1,21-23H2,2-10H3,(H,46,53)/t30-,31+,32+,33+,35+,36-,37-,38+,44+,45+/m1/s1. The van der Waals surface area contributed by atoms with Crippen LogP contribution in [0.3, 0.4) is 0 Å². The fourth-order valence-electron chi connectivity index (χ4n) is 9.21. The van der Waals surface area contributed by atoms with Gasteiger partial charge in [0.15, 0.2) is 18.3 Å². The summed E-state index contributed by atoms with van der Waals surface area (Å²) in [7, 11) is 0. The zero-order valence-electron chi connectivity index (χ0n) is 35.1. The van der Waals surface area contributed by atoms with E-state index in [1.54, 1.807) is 109 Å². The average Bonchev–Trinajstić information content (AvgIpc) is 3.38. The zero-order valence-corrected chi connectivity index (χ0v) is 35.1. The summed E-state index contributed by atoms with van der Waals surface area (Å²) >= 11 is 0. The van der Waals surface area contributed by atoms with Crippen LogP contribution in [-0.2, 0) is 38.1 Å². The van der Waals surface area contributed by atoms with Crippen molar-refractivity contribution in [2.45, 2.75) is 135 Å². The molecule has 0 aromatic heterocycles. The van der Waals surface area contributed by atoms with Crippen molar-refractivity contribution in [1.29, 1.82) is 0 Å². The molecular weight excluding hydrogens is 762 g/mol. The van der Waals surface area contributed by atoms with E-state index < -0.39 is 101 Å². The van der Waals surface area contributed by atoms with Crippen LogP contribution in [0.1, 0.15) is 104 Å². The largest absolute Gasteiger partial charge is 0.462 e. The van der Waals surface area contributed by atoms with Gasteiger partial charge in [-0.25, -0.2) is 14.4 Å². The van der Waals surface area contributed by atoms with Gasteiger partial charge in [-0.15, -0.1) is 0 Å². The van der Waals surface area contributed by atoms with E-state index in [9.17, 15) is 39.3 Å². The maximum atomic E-state index is 14.1. The highest BCUT2D eigenvalue weighted by Gasteiger charge is 2.69. The lowest BCUT2D eigenvalue weighted by molar-refractivity contribution is -0.195. The third-order valence-electron chi connectivity index (χ3n) is 12.1. The van der Waals surface area contributed by atoms with Gasteiger partial charge in [0.1, 0.15) is 17.8 Å². The molecule has 0 heterocycles. The number of hydrogen-bond donors (Lipinski definition) is 4. The maximum absolute atomic E-state index is 14.1. The Balaban J connectivity index is 1.68. The Kier molecular flexibility index (Phi) is 12.9. The minimum Gasteiger partial charge on any atom is -0.462 e. The lowest BCUT2D eigenvalue weighted by Gasteiger charge is -2.53. The van der Waals surface area contributed by atoms with Crippen LogP contribution in [0.25, 0.3) is 0 Å². The molecule has 3 aliphatic carbocycles. The molecule has 14 heteroatoms. The Hall–Kier alpha value is -5.05. The number of rotatable bonds is 10. The van der Waals surface area contributed by atoms with Crippen molar-refractivity contribution in [2.75, 3.05) is 0 Å². The van der Waals surface area contributed by atoms with E-state index in [2.05, 4.69) is 11.9 Å². The number of benzene rings is 2. The van der Waals surface area contributed by atoms with Crippen molar-refractivity contribution < 1.29 is 63.0 Å². The van der Waals surface area contributed by atoms with E-state index in [0.29, 0.717) is 22.3 Å². The first-order valence-corrected chi connectivity index (χ1v) is 19.7. The van der Waals surface area contributed by atoms with Crippen molar-refractivity contribution in [3.8, 4) is 0 Å². The minimum absolute atomic E-state index is 0.0199. The van der Waals surface area contributed by atoms with Crippen LogP contribution in [-0.4, -0.2) is 93.1 Å². The van der Waals surface area contributed by atoms with Crippen LogP contribution in [0.4, 0.5) is 4.79 Å². The third-order valence-corrected chi connectivity index (χ3v) is 12.1. The molecule has 1 amide bonds. The lowest BCUT2D eigenvalue weighted by atomic mass is 9.56. The van der Waals surface area contributed by atoms with Gasteiger partial charge in [-0.05, 0) is 88.3 Å². The predicted octanol–water partition coefficient (Wildman–Crippen LogP) is 5.44. The first-order valence-electron chi connectivity index (χ1n) is 19.7. The second kappa shape index (κ2) is 16.9. The topological polar surface area (TPSA) is 204 Å². The van der Waals surface area contributed by atoms with Crippen LogP contribution in [0.5, 0.6) is 0 Å². The Morgan fingerprint density at radius 1 is 0.864 bits per heavy atom. The second-order valence-corrected chi connectivity index (χ2v) is 17.6. The molecule has 0 unspecified atom stereocenters. The average molecular weight is 820 g/mol. The summed E-state index contributed by atoms with van der Waals surface area (Å²) in [6.45, 7) is 18.2. The number of amides is 1. The van der Waals surface area contributed by atoms with E-state index in [-0.39, 0.29) is 24.8 Å². The summed E-state index contributed by atoms with van der Waals surface area (Å²) in [6.07, 6.45) is -9.38. The normalized spacial score (nSPS) is 29.1. The highest BCUT2D eigenvalue weighted by molar-refractivity contribution is 5.89. The number of aliphatic hydroxyl groups excluding tert-OH is 2. The van der Waals surface area contributed by atoms with Crippen molar-refractivity contribution in [3.63, 3.8) is 0 Å². The van der Waals surface area contributed by atoms with Crippen LogP contribution in [0, 0.1) is 16.7 Å². The number of carbonyl (C=O) groups is 5. The van der Waals surface area contributed by atoms with E-state index >= 15 is 0 Å². The Labute approximate surface area is 344 Å². The predicted molar refractivity (Wildman–Crippen MR) is 213 cm³/mol. The van der Waals surface area contributed by atoms with Gasteiger partial charge in [-0.2, -0.15) is 0 Å². The molecule has 320 valence electrons. The zero-order chi connectivity index (χ0) is 43.8. The lowest BCUT2D eigenvalue weighted by Crippen LogP contribution is -2.60. The van der Waals surface area contributed by atoms with Gasteiger partial charge in [0, 0.05) is 32.1 Å². The van der Waals surface area contributed by atoms with Gasteiger partial charge in [-0.1, -0.05) is 62.0 Å². The van der Waals surface area contributed by atoms with Crippen molar-refractivity contribution in [1.82, 2.24) is 5.32 Å². The van der Waals surface area contributed by atoms with Gasteiger partial charge in [-0.3, -0.25) is 9.59 Å². The highest BCUT2D eigenvalue weighted by Crippen LogP contribution is 2.65. The summed E-state index contributed by atoms with van der Waals surface area (Å²) in [5.41, 5.74) is -3.94. The van der Waals surface area contributed by atoms with Gasteiger partial charge < -0.3 is 44.3 Å². The van der Waals surface area contributed by atoms with Crippen LogP contribution in [0.2, 0.25) is 0 Å². The highest BCUT2D eigenvalue weighted by atomic mass is 16.6. The van der Waals surface area contributed by atoms with E-state index in [0.717, 1.165) is 0 Å². The first kappa shape index (κ1) is 45.0. The van der Waals surface area contributed by atoms with Gasteiger partial charge in [0.25, 0.3) is 0 Å². The summed E-state index contributed by atoms with van der Waals surface area (Å²) in [4.78, 5) is 67.0. The summed E-state index contributed by atoms with van der Waals surface area (Å²) < 4.78 is 30.0. The fraction of sp³-hybridized carbons (Fsp3) is 0.533. The molecule has 14 nitrogen and oxygen atoms in total. The number of esters is 4. The van der Waals surface area contributed by atoms with E-state index in [1.165, 1.54) is 13.8 Å². The molecule has 0 aliphatic heterocycles. The fourth-order valence-corrected chi connectivity index (χ4v) is 9.21. The smallest absolute Gasteiger partial charge is 0.408 e. The van der Waals surface area contributed by atoms with E-state index in [4.69, 9.17) is 23.7 Å². The van der Waals surface area contributed by atoms with E-state index in [1.807, 2.05) is 0 Å². The quantitative estimate of drug-likeness (QED) is 0.134. The molecule has 2 fully saturated rings. The molecule has 0 radical (unpaired) electrons. The molecular formula is C45H57NO13. The molecule has 2 saturated carbocycles. The molecule has 0 spiro atoms. The van der Waals surface area contributed by atoms with Crippen LogP contribution in [0.15, 0.2) is 84.0 Å². The molecule has 2 aromatic rings. The van der Waals surface area contributed by atoms with Crippen LogP contribution < -0.4 is 5.32 Å². The Morgan fingerprint density at radius 2 is 1.44 bits per heavy atom. The minimum atomic E-state index is -1.95. The number of alkyl carbamates (subject to hydrolysis) is 1. The van der Waals surface area contributed by atoms with Crippen molar-refractivity contribution in [2.24, 2.45) is 16.7 Å². The van der Waals surface area contributed by atoms with Crippen molar-refractivity contribution in [3.05, 3.63) is 95.1 Å². The monoisotopic (exact) mass is 819 g/mol. The molecule has 0 bridgehead atoms. The molecule has 5 rings (SSSR count).